The predicted octanol–water partition coefficient (Wildman–Crippen LogP) is 2.19. The number of aryl methyl sites for hydroxylation is 2. The average molecular weight is 470 g/mol. The molecular formula is C23H27N5O4S. The molecule has 0 amide bonds. The minimum atomic E-state index is -3.27. The summed E-state index contributed by atoms with van der Waals surface area (Å²) >= 11 is 0. The topological polar surface area (TPSA) is 98.8 Å². The summed E-state index contributed by atoms with van der Waals surface area (Å²) < 4.78 is 32.6. The van der Waals surface area contributed by atoms with Gasteiger partial charge in [-0.15, -0.1) is 10.2 Å². The van der Waals surface area contributed by atoms with E-state index in [1.54, 1.807) is 31.3 Å². The molecule has 0 radical (unpaired) electrons. The molecule has 4 rings (SSSR count). The van der Waals surface area contributed by atoms with E-state index in [0.717, 1.165) is 29.9 Å². The van der Waals surface area contributed by atoms with E-state index in [1.165, 1.54) is 10.8 Å². The van der Waals surface area contributed by atoms with Gasteiger partial charge < -0.3 is 4.74 Å². The molecule has 4 aromatic rings. The van der Waals surface area contributed by atoms with Crippen molar-refractivity contribution in [2.24, 2.45) is 7.05 Å². The van der Waals surface area contributed by atoms with Crippen molar-refractivity contribution in [3.8, 4) is 5.75 Å². The number of benzene rings is 2. The first-order valence-corrected chi connectivity index (χ1v) is 12.5. The van der Waals surface area contributed by atoms with E-state index in [0.29, 0.717) is 30.1 Å². The number of nitrogens with zero attached hydrogens (tertiary/aromatic N) is 5. The molecule has 2 aromatic carbocycles. The van der Waals surface area contributed by atoms with Crippen molar-refractivity contribution in [1.29, 1.82) is 0 Å². The Labute approximate surface area is 192 Å². The zero-order chi connectivity index (χ0) is 23.8. The molecule has 0 atom stereocenters. The van der Waals surface area contributed by atoms with E-state index < -0.39 is 9.84 Å². The standard InChI is InChI=1S/C23H27N5O4S/c1-16-9-10-20-19(13-16)22(29)27(3)23-25-24-21(28(20)23)15-26(2)11-6-12-32-17-7-5-8-18(14-17)33(4,30)31/h5,7-10,13-14H,6,11-12,15H2,1-4H3. The van der Waals surface area contributed by atoms with Crippen molar-refractivity contribution in [1.82, 2.24) is 24.1 Å². The first kappa shape index (κ1) is 22.9. The zero-order valence-electron chi connectivity index (χ0n) is 19.1. The summed E-state index contributed by atoms with van der Waals surface area (Å²) in [5.41, 5.74) is 1.72. The number of hydrogen-bond donors (Lipinski definition) is 0. The van der Waals surface area contributed by atoms with E-state index in [2.05, 4.69) is 15.1 Å². The lowest BCUT2D eigenvalue weighted by atomic mass is 10.1. The predicted molar refractivity (Wildman–Crippen MR) is 126 cm³/mol. The van der Waals surface area contributed by atoms with Gasteiger partial charge in [0.2, 0.25) is 5.78 Å². The smallest absolute Gasteiger partial charge is 0.262 e. The van der Waals surface area contributed by atoms with Crippen LogP contribution in [0, 0.1) is 6.92 Å². The van der Waals surface area contributed by atoms with Gasteiger partial charge in [-0.3, -0.25) is 18.7 Å². The zero-order valence-corrected chi connectivity index (χ0v) is 20.0. The van der Waals surface area contributed by atoms with Crippen molar-refractivity contribution in [3.05, 3.63) is 64.2 Å². The lowest BCUT2D eigenvalue weighted by Gasteiger charge is -2.16. The third-order valence-corrected chi connectivity index (χ3v) is 6.65. The van der Waals surface area contributed by atoms with E-state index in [4.69, 9.17) is 4.74 Å². The van der Waals surface area contributed by atoms with E-state index in [-0.39, 0.29) is 10.5 Å². The molecule has 0 aliphatic rings. The fourth-order valence-corrected chi connectivity index (χ4v) is 4.46. The number of rotatable bonds is 8. The van der Waals surface area contributed by atoms with Crippen molar-refractivity contribution >= 4 is 26.5 Å². The van der Waals surface area contributed by atoms with Crippen LogP contribution in [0.5, 0.6) is 5.75 Å². The monoisotopic (exact) mass is 469 g/mol. The Balaban J connectivity index is 1.44. The summed E-state index contributed by atoms with van der Waals surface area (Å²) in [5, 5.41) is 9.22. The molecule has 0 unspecified atom stereocenters. The highest BCUT2D eigenvalue weighted by Crippen LogP contribution is 2.18. The van der Waals surface area contributed by atoms with Gasteiger partial charge in [0.25, 0.3) is 5.56 Å². The fourth-order valence-electron chi connectivity index (χ4n) is 3.80. The summed E-state index contributed by atoms with van der Waals surface area (Å²) in [6.45, 7) is 3.70. The van der Waals surface area contributed by atoms with Crippen LogP contribution in [0.1, 0.15) is 17.8 Å². The van der Waals surface area contributed by atoms with Crippen LogP contribution in [0.15, 0.2) is 52.2 Å². The van der Waals surface area contributed by atoms with Crippen molar-refractivity contribution in [3.63, 3.8) is 0 Å². The minimum Gasteiger partial charge on any atom is -0.494 e. The van der Waals surface area contributed by atoms with Crippen LogP contribution in [0.3, 0.4) is 0 Å². The molecule has 2 heterocycles. The quantitative estimate of drug-likeness (QED) is 0.365. The van der Waals surface area contributed by atoms with Gasteiger partial charge in [-0.05, 0) is 50.7 Å². The molecular weight excluding hydrogens is 442 g/mol. The Bertz CT molecular complexity index is 1490. The maximum Gasteiger partial charge on any atom is 0.262 e. The van der Waals surface area contributed by atoms with Crippen molar-refractivity contribution < 1.29 is 13.2 Å². The largest absolute Gasteiger partial charge is 0.494 e. The highest BCUT2D eigenvalue weighted by molar-refractivity contribution is 7.90. The molecule has 0 fully saturated rings. The molecule has 10 heteroatoms. The van der Waals surface area contributed by atoms with Gasteiger partial charge in [0.1, 0.15) is 5.75 Å². The van der Waals surface area contributed by atoms with Crippen LogP contribution in [-0.2, 0) is 23.4 Å². The van der Waals surface area contributed by atoms with Crippen LogP contribution in [-0.4, -0.2) is 58.9 Å². The normalized spacial score (nSPS) is 12.2. The molecule has 174 valence electrons. The number of sulfone groups is 1. The Morgan fingerprint density at radius 3 is 2.67 bits per heavy atom. The second kappa shape index (κ2) is 8.95. The summed E-state index contributed by atoms with van der Waals surface area (Å²) in [6.07, 6.45) is 1.92. The summed E-state index contributed by atoms with van der Waals surface area (Å²) in [4.78, 5) is 15.1. The maximum absolute atomic E-state index is 12.7. The molecule has 2 aromatic heterocycles. The summed E-state index contributed by atoms with van der Waals surface area (Å²) in [6, 6.07) is 12.3. The van der Waals surface area contributed by atoms with E-state index in [1.807, 2.05) is 36.6 Å². The van der Waals surface area contributed by atoms with Gasteiger partial charge in [0.05, 0.1) is 29.0 Å². The van der Waals surface area contributed by atoms with Crippen LogP contribution >= 0.6 is 0 Å². The van der Waals surface area contributed by atoms with Gasteiger partial charge in [0.15, 0.2) is 15.7 Å². The molecule has 33 heavy (non-hydrogen) atoms. The molecule has 0 bridgehead atoms. The van der Waals surface area contributed by atoms with Gasteiger partial charge in [-0.2, -0.15) is 0 Å². The van der Waals surface area contributed by atoms with Gasteiger partial charge >= 0.3 is 0 Å². The number of hydrogen-bond acceptors (Lipinski definition) is 7. The van der Waals surface area contributed by atoms with Crippen molar-refractivity contribution in [2.75, 3.05) is 26.5 Å². The van der Waals surface area contributed by atoms with Crippen LogP contribution in [0.2, 0.25) is 0 Å². The second-order valence-corrected chi connectivity index (χ2v) is 10.3. The number of fused-ring (bicyclic) bond motifs is 3. The summed E-state index contributed by atoms with van der Waals surface area (Å²) in [5.74, 6) is 1.79. The van der Waals surface area contributed by atoms with Gasteiger partial charge in [-0.1, -0.05) is 17.7 Å². The van der Waals surface area contributed by atoms with Crippen molar-refractivity contribution in [2.45, 2.75) is 24.8 Å². The highest BCUT2D eigenvalue weighted by atomic mass is 32.2. The molecule has 0 saturated heterocycles. The molecule has 0 saturated carbocycles. The Morgan fingerprint density at radius 2 is 1.91 bits per heavy atom. The summed E-state index contributed by atoms with van der Waals surface area (Å²) in [7, 11) is 0.427. The van der Waals surface area contributed by atoms with E-state index in [9.17, 15) is 13.2 Å². The SMILES string of the molecule is Cc1ccc2c(c1)c(=O)n(C)c1nnc(CN(C)CCCOc3cccc(S(C)(=O)=O)c3)n21. The molecule has 0 aliphatic carbocycles. The fraction of sp³-hybridized carbons (Fsp3) is 0.348. The van der Waals surface area contributed by atoms with Crippen LogP contribution < -0.4 is 10.3 Å². The van der Waals surface area contributed by atoms with E-state index >= 15 is 0 Å². The average Bonchev–Trinajstić information content (AvgIpc) is 3.18. The third-order valence-electron chi connectivity index (χ3n) is 5.54. The Morgan fingerprint density at radius 1 is 1.12 bits per heavy atom. The lowest BCUT2D eigenvalue weighted by Crippen LogP contribution is -2.24. The third kappa shape index (κ3) is 4.76. The van der Waals surface area contributed by atoms with Gasteiger partial charge in [-0.25, -0.2) is 8.42 Å². The highest BCUT2D eigenvalue weighted by Gasteiger charge is 2.16. The molecule has 0 spiro atoms. The molecule has 0 aliphatic heterocycles. The first-order valence-electron chi connectivity index (χ1n) is 10.6. The number of aromatic nitrogens is 4. The molecule has 0 N–H and O–H groups in total. The molecule has 9 nitrogen and oxygen atoms in total. The van der Waals surface area contributed by atoms with Crippen LogP contribution in [0.25, 0.3) is 16.7 Å². The minimum absolute atomic E-state index is 0.0920. The van der Waals surface area contributed by atoms with Gasteiger partial charge in [0, 0.05) is 19.8 Å². The Hall–Kier alpha value is -3.24. The lowest BCUT2D eigenvalue weighted by molar-refractivity contribution is 0.255. The first-order chi connectivity index (χ1) is 15.6. The maximum atomic E-state index is 12.7. The Kier molecular flexibility index (Phi) is 6.22. The number of ether oxygens (including phenoxy) is 1. The van der Waals surface area contributed by atoms with Crippen LogP contribution in [0.4, 0.5) is 0 Å². The second-order valence-electron chi connectivity index (χ2n) is 8.32.